The average Bonchev–Trinajstić information content (AvgIpc) is 2.75. The molecule has 8 heteroatoms. The molecule has 2 N–H and O–H groups in total. The maximum atomic E-state index is 11.3. The molecular weight excluding hydrogens is 264 g/mol. The molecule has 0 atom stereocenters. The number of anilines is 1. The van der Waals surface area contributed by atoms with Crippen molar-refractivity contribution in [3.8, 4) is 0 Å². The molecule has 0 saturated carbocycles. The molecule has 0 saturated heterocycles. The summed E-state index contributed by atoms with van der Waals surface area (Å²) in [5.41, 5.74) is 0.475. The van der Waals surface area contributed by atoms with Crippen molar-refractivity contribution >= 4 is 46.4 Å². The van der Waals surface area contributed by atoms with Crippen molar-refractivity contribution in [1.29, 1.82) is 0 Å². The topological polar surface area (TPSA) is 76.7 Å². The summed E-state index contributed by atoms with van der Waals surface area (Å²) in [5.74, 6) is -0.469. The third-order valence-electron chi connectivity index (χ3n) is 1.69. The number of amides is 1. The van der Waals surface area contributed by atoms with Gasteiger partial charge in [-0.3, -0.25) is 5.32 Å². The zero-order valence-electron chi connectivity index (χ0n) is 9.10. The van der Waals surface area contributed by atoms with Crippen LogP contribution in [0.4, 0.5) is 10.5 Å². The summed E-state index contributed by atoms with van der Waals surface area (Å²) >= 11 is 6.06. The van der Waals surface area contributed by atoms with Gasteiger partial charge in [0.25, 0.3) is 0 Å². The Kier molecular flexibility index (Phi) is 4.85. The van der Waals surface area contributed by atoms with Crippen molar-refractivity contribution in [2.75, 3.05) is 19.5 Å². The number of thiocarbonyl (C=S) groups is 1. The number of carbonyl (C=O) groups excluding carboxylic acids is 2. The summed E-state index contributed by atoms with van der Waals surface area (Å²) in [5, 5.41) is 6.71. The summed E-state index contributed by atoms with van der Waals surface area (Å²) in [6.45, 7) is 0. The van der Waals surface area contributed by atoms with Gasteiger partial charge in [0.05, 0.1) is 19.9 Å². The lowest BCUT2D eigenvalue weighted by Gasteiger charge is -2.08. The molecule has 0 aliphatic heterocycles. The van der Waals surface area contributed by atoms with Crippen LogP contribution in [0.25, 0.3) is 0 Å². The van der Waals surface area contributed by atoms with Crippen LogP contribution in [0.15, 0.2) is 11.4 Å². The SMILES string of the molecule is COC(=O)NC(=S)Nc1ccsc1C(=O)OC. The van der Waals surface area contributed by atoms with Gasteiger partial charge in [0.2, 0.25) is 0 Å². The summed E-state index contributed by atoms with van der Waals surface area (Å²) in [6, 6.07) is 1.65. The third kappa shape index (κ3) is 3.68. The number of ether oxygens (including phenoxy) is 2. The number of alkyl carbamates (subject to hydrolysis) is 1. The number of nitrogens with one attached hydrogen (secondary N) is 2. The van der Waals surface area contributed by atoms with Crippen molar-refractivity contribution in [2.24, 2.45) is 0 Å². The van der Waals surface area contributed by atoms with Gasteiger partial charge >= 0.3 is 12.1 Å². The maximum Gasteiger partial charge on any atom is 0.413 e. The number of thiophene rings is 1. The first-order valence-electron chi connectivity index (χ1n) is 4.40. The first kappa shape index (κ1) is 13.4. The number of carbonyl (C=O) groups is 2. The van der Waals surface area contributed by atoms with Gasteiger partial charge in [0.15, 0.2) is 5.11 Å². The molecule has 1 rings (SSSR count). The minimum absolute atomic E-state index is 0.0420. The Hall–Kier alpha value is -1.67. The molecule has 92 valence electrons. The van der Waals surface area contributed by atoms with Gasteiger partial charge in [-0.2, -0.15) is 0 Å². The number of rotatable bonds is 2. The molecule has 0 radical (unpaired) electrons. The lowest BCUT2D eigenvalue weighted by atomic mass is 10.4. The molecule has 17 heavy (non-hydrogen) atoms. The second-order valence-electron chi connectivity index (χ2n) is 2.73. The third-order valence-corrected chi connectivity index (χ3v) is 2.78. The molecule has 1 amide bonds. The summed E-state index contributed by atoms with van der Waals surface area (Å²) in [4.78, 5) is 22.6. The Morgan fingerprint density at radius 3 is 2.65 bits per heavy atom. The fourth-order valence-electron chi connectivity index (χ4n) is 0.956. The van der Waals surface area contributed by atoms with Crippen molar-refractivity contribution in [3.63, 3.8) is 0 Å². The Morgan fingerprint density at radius 1 is 1.35 bits per heavy atom. The Balaban J connectivity index is 2.69. The van der Waals surface area contributed by atoms with Crippen molar-refractivity contribution in [3.05, 3.63) is 16.3 Å². The standard InChI is InChI=1S/C9H10N2O4S2/c1-14-7(12)6-5(3-4-17-6)10-8(16)11-9(13)15-2/h3-4H,1-2H3,(H2,10,11,13,16). The molecule has 6 nitrogen and oxygen atoms in total. The van der Waals surface area contributed by atoms with Crippen LogP contribution in [-0.2, 0) is 9.47 Å². The molecule has 0 aliphatic rings. The van der Waals surface area contributed by atoms with E-state index in [1.807, 2.05) is 0 Å². The predicted molar refractivity (Wildman–Crippen MR) is 67.4 cm³/mol. The maximum absolute atomic E-state index is 11.3. The van der Waals surface area contributed by atoms with Crippen LogP contribution in [0.2, 0.25) is 0 Å². The molecule has 1 aromatic rings. The van der Waals surface area contributed by atoms with Gasteiger partial charge in [0, 0.05) is 0 Å². The number of hydrogen-bond donors (Lipinski definition) is 2. The van der Waals surface area contributed by atoms with E-state index in [1.165, 1.54) is 25.6 Å². The molecule has 0 spiro atoms. The Morgan fingerprint density at radius 2 is 2.06 bits per heavy atom. The van der Waals surface area contributed by atoms with E-state index in [-0.39, 0.29) is 5.11 Å². The van der Waals surface area contributed by atoms with Crippen molar-refractivity contribution < 1.29 is 19.1 Å². The van der Waals surface area contributed by atoms with Crippen LogP contribution in [0, 0.1) is 0 Å². The highest BCUT2D eigenvalue weighted by Gasteiger charge is 2.14. The van der Waals surface area contributed by atoms with E-state index in [4.69, 9.17) is 12.2 Å². The van der Waals surface area contributed by atoms with Gasteiger partial charge in [-0.25, -0.2) is 9.59 Å². The summed E-state index contributed by atoms with van der Waals surface area (Å²) in [6.07, 6.45) is -0.683. The Bertz CT molecular complexity index is 444. The smallest absolute Gasteiger partial charge is 0.413 e. The fourth-order valence-corrected chi connectivity index (χ4v) is 1.91. The zero-order chi connectivity index (χ0) is 12.8. The van der Waals surface area contributed by atoms with Crippen LogP contribution in [0.5, 0.6) is 0 Å². The van der Waals surface area contributed by atoms with E-state index in [0.29, 0.717) is 10.6 Å². The number of esters is 1. The van der Waals surface area contributed by atoms with Crippen LogP contribution in [0.1, 0.15) is 9.67 Å². The first-order valence-corrected chi connectivity index (χ1v) is 5.69. The second-order valence-corrected chi connectivity index (χ2v) is 4.05. The molecule has 1 heterocycles. The highest BCUT2D eigenvalue weighted by molar-refractivity contribution is 7.80. The fraction of sp³-hybridized carbons (Fsp3) is 0.222. The van der Waals surface area contributed by atoms with Gasteiger partial charge in [-0.05, 0) is 23.7 Å². The van der Waals surface area contributed by atoms with Crippen LogP contribution < -0.4 is 10.6 Å². The molecule has 0 unspecified atom stereocenters. The van der Waals surface area contributed by atoms with Crippen LogP contribution in [-0.4, -0.2) is 31.4 Å². The molecule has 1 aromatic heterocycles. The first-order chi connectivity index (χ1) is 8.08. The molecular formula is C9H10N2O4S2. The second kappa shape index (κ2) is 6.16. The predicted octanol–water partition coefficient (Wildman–Crippen LogP) is 1.59. The molecule has 0 fully saturated rings. The highest BCUT2D eigenvalue weighted by Crippen LogP contribution is 2.22. The quantitative estimate of drug-likeness (QED) is 0.630. The van der Waals surface area contributed by atoms with E-state index in [0.717, 1.165) is 0 Å². The lowest BCUT2D eigenvalue weighted by Crippen LogP contribution is -2.34. The van der Waals surface area contributed by atoms with E-state index >= 15 is 0 Å². The van der Waals surface area contributed by atoms with E-state index < -0.39 is 12.1 Å². The Labute approximate surface area is 107 Å². The van der Waals surface area contributed by atoms with E-state index in [1.54, 1.807) is 11.4 Å². The van der Waals surface area contributed by atoms with E-state index in [9.17, 15) is 9.59 Å². The molecule has 0 aliphatic carbocycles. The van der Waals surface area contributed by atoms with Gasteiger partial charge < -0.3 is 14.8 Å². The van der Waals surface area contributed by atoms with Gasteiger partial charge in [0.1, 0.15) is 4.88 Å². The summed E-state index contributed by atoms with van der Waals surface area (Å²) in [7, 11) is 2.51. The van der Waals surface area contributed by atoms with Crippen molar-refractivity contribution in [1.82, 2.24) is 5.32 Å². The molecule has 0 bridgehead atoms. The number of methoxy groups -OCH3 is 2. The largest absolute Gasteiger partial charge is 0.465 e. The monoisotopic (exact) mass is 274 g/mol. The number of hydrogen-bond acceptors (Lipinski definition) is 6. The van der Waals surface area contributed by atoms with Gasteiger partial charge in [-0.1, -0.05) is 0 Å². The summed E-state index contributed by atoms with van der Waals surface area (Å²) < 4.78 is 8.97. The zero-order valence-corrected chi connectivity index (χ0v) is 10.7. The minimum Gasteiger partial charge on any atom is -0.465 e. The average molecular weight is 274 g/mol. The lowest BCUT2D eigenvalue weighted by molar-refractivity contribution is 0.0607. The van der Waals surface area contributed by atoms with Crippen LogP contribution >= 0.6 is 23.6 Å². The highest BCUT2D eigenvalue weighted by atomic mass is 32.1. The van der Waals surface area contributed by atoms with Crippen molar-refractivity contribution in [2.45, 2.75) is 0 Å². The normalized spacial score (nSPS) is 9.29. The molecule has 0 aromatic carbocycles. The van der Waals surface area contributed by atoms with Crippen LogP contribution in [0.3, 0.4) is 0 Å². The minimum atomic E-state index is -0.683. The van der Waals surface area contributed by atoms with Gasteiger partial charge in [-0.15, -0.1) is 11.3 Å². The van der Waals surface area contributed by atoms with E-state index in [2.05, 4.69) is 20.1 Å².